The van der Waals surface area contributed by atoms with Crippen molar-refractivity contribution in [2.24, 2.45) is 0 Å². The first-order valence-corrected chi connectivity index (χ1v) is 34.4. The fourth-order valence-corrected chi connectivity index (χ4v) is 22.2. The Kier molecular flexibility index (Phi) is 10.5. The third kappa shape index (κ3) is 7.18. The van der Waals surface area contributed by atoms with E-state index < -0.39 is 8.07 Å². The number of benzene rings is 9. The van der Waals surface area contributed by atoms with Crippen LogP contribution in [0.3, 0.4) is 0 Å². The molecule has 0 fully saturated rings. The van der Waals surface area contributed by atoms with Crippen LogP contribution < -0.4 is 37.1 Å². The molecule has 4 aliphatic heterocycles. The number of hydrogen-bond donors (Lipinski definition) is 0. The fourth-order valence-electron chi connectivity index (χ4n) is 16.5. The summed E-state index contributed by atoms with van der Waals surface area (Å²) in [6.45, 7) is 50.3. The monoisotopic (exact) mass is 1150 g/mol. The smallest absolute Gasteiger partial charge is 0.253 e. The SMILES string of the molecule is CC(C)(C)c1ccc(-n2c3ccc(C(C)(C)C)cc3c3c4c5c(cc32)c2cc(C(C)(C)C)ccc2n5-c2ccc3c5c2B4c2cc(C(C)(C)C)cc4c6cc(C(C)(C)C)cc(c6n-5c24)[Si]32c3cc(C(C)(C)C)ccc3-c3ccc(C(C)(C)C)cc32)cc1. The van der Waals surface area contributed by atoms with Crippen LogP contribution in [0.1, 0.15) is 184 Å². The molecule has 436 valence electrons. The van der Waals surface area contributed by atoms with Crippen LogP contribution in [-0.4, -0.2) is 28.5 Å². The summed E-state index contributed by atoms with van der Waals surface area (Å²) in [5.41, 5.74) is 28.3. The summed E-state index contributed by atoms with van der Waals surface area (Å²) in [6.07, 6.45) is 0. The zero-order chi connectivity index (χ0) is 61.5. The van der Waals surface area contributed by atoms with Gasteiger partial charge in [0.05, 0.1) is 27.6 Å². The molecular formula is C82H86BN3Si. The van der Waals surface area contributed by atoms with Crippen molar-refractivity contribution in [3.63, 3.8) is 0 Å². The van der Waals surface area contributed by atoms with Gasteiger partial charge in [-0.3, -0.25) is 0 Å². The summed E-state index contributed by atoms with van der Waals surface area (Å²) in [5, 5.41) is 14.3. The first-order valence-electron chi connectivity index (χ1n) is 32.4. The fraction of sp³-hybridized carbons (Fsp3) is 0.341. The number of aromatic nitrogens is 3. The van der Waals surface area contributed by atoms with Crippen molar-refractivity contribution in [1.82, 2.24) is 13.7 Å². The molecule has 7 heterocycles. The minimum atomic E-state index is -3.26. The number of rotatable bonds is 1. The number of fused-ring (bicyclic) bond motifs is 18. The van der Waals surface area contributed by atoms with Crippen LogP contribution in [0.5, 0.6) is 0 Å². The quantitative estimate of drug-likeness (QED) is 0.146. The molecule has 0 saturated heterocycles. The van der Waals surface area contributed by atoms with Gasteiger partial charge in [0.1, 0.15) is 0 Å². The van der Waals surface area contributed by atoms with Crippen LogP contribution in [0.4, 0.5) is 0 Å². The van der Waals surface area contributed by atoms with E-state index in [0.717, 1.165) is 0 Å². The van der Waals surface area contributed by atoms with E-state index in [9.17, 15) is 0 Å². The summed E-state index contributed by atoms with van der Waals surface area (Å²) >= 11 is 0. The Morgan fingerprint density at radius 1 is 0.299 bits per heavy atom. The largest absolute Gasteiger partial charge is 0.310 e. The second kappa shape index (κ2) is 16.7. The molecule has 0 aliphatic carbocycles. The molecule has 0 unspecified atom stereocenters. The molecule has 0 bridgehead atoms. The molecule has 0 amide bonds. The molecule has 9 aromatic carbocycles. The normalized spacial score (nSPS) is 15.3. The number of nitrogens with zero attached hydrogens (tertiary/aromatic N) is 3. The van der Waals surface area contributed by atoms with Gasteiger partial charge in [0.15, 0.2) is 8.07 Å². The van der Waals surface area contributed by atoms with E-state index in [-0.39, 0.29) is 44.6 Å². The van der Waals surface area contributed by atoms with Gasteiger partial charge in [-0.05, 0) is 186 Å². The zero-order valence-electron chi connectivity index (χ0n) is 55.7. The van der Waals surface area contributed by atoms with E-state index in [0.29, 0.717) is 0 Å². The maximum absolute atomic E-state index is 3.26. The van der Waals surface area contributed by atoms with Crippen LogP contribution >= 0.6 is 0 Å². The van der Waals surface area contributed by atoms with Gasteiger partial charge in [0, 0.05) is 54.9 Å². The van der Waals surface area contributed by atoms with Crippen LogP contribution in [0.25, 0.3) is 93.6 Å². The minimum Gasteiger partial charge on any atom is -0.310 e. The molecule has 0 N–H and O–H groups in total. The average Bonchev–Trinajstić information content (AvgIpc) is 1.53. The summed E-state index contributed by atoms with van der Waals surface area (Å²) in [6, 6.07) is 58.6. The predicted octanol–water partition coefficient (Wildman–Crippen LogP) is 16.9. The van der Waals surface area contributed by atoms with Gasteiger partial charge in [-0.25, -0.2) is 0 Å². The maximum atomic E-state index is 2.87. The topological polar surface area (TPSA) is 14.8 Å². The minimum absolute atomic E-state index is 0.0235. The molecule has 1 spiro atoms. The van der Waals surface area contributed by atoms with Crippen molar-refractivity contribution in [2.75, 3.05) is 0 Å². The molecule has 16 rings (SSSR count). The second-order valence-electron chi connectivity index (χ2n) is 34.3. The van der Waals surface area contributed by atoms with Gasteiger partial charge < -0.3 is 13.7 Å². The highest BCUT2D eigenvalue weighted by Crippen LogP contribution is 2.48. The van der Waals surface area contributed by atoms with Crippen molar-refractivity contribution < 1.29 is 0 Å². The highest BCUT2D eigenvalue weighted by atomic mass is 28.3. The van der Waals surface area contributed by atoms with Crippen molar-refractivity contribution >= 4 is 117 Å². The molecule has 0 radical (unpaired) electrons. The molecule has 5 heteroatoms. The predicted molar refractivity (Wildman–Crippen MR) is 381 cm³/mol. The maximum Gasteiger partial charge on any atom is 0.253 e. The Bertz CT molecular complexity index is 5050. The van der Waals surface area contributed by atoms with Crippen molar-refractivity contribution in [3.8, 4) is 28.2 Å². The van der Waals surface area contributed by atoms with E-state index in [2.05, 4.69) is 299 Å². The van der Waals surface area contributed by atoms with Crippen molar-refractivity contribution in [1.29, 1.82) is 0 Å². The summed E-state index contributed by atoms with van der Waals surface area (Å²) in [7, 11) is -3.26. The lowest BCUT2D eigenvalue weighted by atomic mass is 9.33. The van der Waals surface area contributed by atoms with Crippen LogP contribution in [0, 0.1) is 0 Å². The van der Waals surface area contributed by atoms with E-state index in [1.54, 1.807) is 15.6 Å². The van der Waals surface area contributed by atoms with Crippen LogP contribution in [0.15, 0.2) is 140 Å². The standard InChI is InChI=1S/C82H86BN3Si/c1-76(2,3)45-22-28-52(29-23-45)84-62-33-27-47(78(7,8)9)37-59(62)69-64(84)44-58-55-36-46(77(4,5)6)26-32-61(55)85-63-34-35-65-75-70(63)83(71(69)74(58)85)60-40-50(81(16,17)18)38-56-57-39-51(82(19,20)21)43-68(73(57)86(75)72(56)60)87(65)66-41-48(79(10,11)12)24-30-53(66)54-31-25-49(42-67(54)87)80(13,14)15/h22-44H,1-21H3. The lowest BCUT2D eigenvalue weighted by Gasteiger charge is -2.43. The van der Waals surface area contributed by atoms with Gasteiger partial charge >= 0.3 is 0 Å². The summed E-state index contributed by atoms with van der Waals surface area (Å²) < 4.78 is 8.28. The van der Waals surface area contributed by atoms with E-state index in [1.807, 2.05) is 0 Å². The van der Waals surface area contributed by atoms with Crippen LogP contribution in [0.2, 0.25) is 0 Å². The molecule has 3 nitrogen and oxygen atoms in total. The first-order chi connectivity index (χ1) is 40.6. The van der Waals surface area contributed by atoms with Gasteiger partial charge in [0.2, 0.25) is 0 Å². The molecule has 12 aromatic rings. The Morgan fingerprint density at radius 2 is 0.736 bits per heavy atom. The molecule has 0 atom stereocenters. The molecule has 4 aliphatic rings. The van der Waals surface area contributed by atoms with Gasteiger partial charge in [-0.15, -0.1) is 0 Å². The Balaban J connectivity index is 1.18. The molecule has 87 heavy (non-hydrogen) atoms. The van der Waals surface area contributed by atoms with Crippen LogP contribution in [-0.2, 0) is 37.9 Å². The van der Waals surface area contributed by atoms with E-state index >= 15 is 0 Å². The van der Waals surface area contributed by atoms with Crippen molar-refractivity contribution in [3.05, 3.63) is 178 Å². The Morgan fingerprint density at radius 3 is 1.28 bits per heavy atom. The van der Waals surface area contributed by atoms with E-state index in [1.165, 1.54) is 154 Å². The summed E-state index contributed by atoms with van der Waals surface area (Å²) in [5.74, 6) is 0. The number of hydrogen-bond acceptors (Lipinski definition) is 0. The molecule has 0 saturated carbocycles. The zero-order valence-corrected chi connectivity index (χ0v) is 56.7. The highest BCUT2D eigenvalue weighted by molar-refractivity contribution is 7.24. The second-order valence-corrected chi connectivity index (χ2v) is 38.0. The highest BCUT2D eigenvalue weighted by Gasteiger charge is 2.57. The lowest BCUT2D eigenvalue weighted by molar-refractivity contribution is 0.590. The average molecular weight is 1150 g/mol. The molecule has 3 aromatic heterocycles. The third-order valence-electron chi connectivity index (χ3n) is 21.5. The van der Waals surface area contributed by atoms with Gasteiger partial charge in [0.25, 0.3) is 6.71 Å². The Labute approximate surface area is 517 Å². The van der Waals surface area contributed by atoms with Crippen molar-refractivity contribution in [2.45, 2.75) is 183 Å². The van der Waals surface area contributed by atoms with Gasteiger partial charge in [-0.1, -0.05) is 224 Å². The summed E-state index contributed by atoms with van der Waals surface area (Å²) in [4.78, 5) is 0. The third-order valence-corrected chi connectivity index (χ3v) is 26.3. The first kappa shape index (κ1) is 55.0. The molecular weight excluding hydrogens is 1070 g/mol. The Hall–Kier alpha value is -7.34. The van der Waals surface area contributed by atoms with Gasteiger partial charge in [-0.2, -0.15) is 0 Å². The lowest BCUT2D eigenvalue weighted by Crippen LogP contribution is -2.77. The van der Waals surface area contributed by atoms with E-state index in [4.69, 9.17) is 0 Å².